The van der Waals surface area contributed by atoms with E-state index in [2.05, 4.69) is 0 Å². The average molecular weight is 283 g/mol. The Hall–Kier alpha value is -2.82. The molecule has 1 aliphatic rings. The Bertz CT molecular complexity index is 765. The highest BCUT2D eigenvalue weighted by Gasteiger charge is 2.39. The highest BCUT2D eigenvalue weighted by atomic mass is 16.5. The fourth-order valence-electron chi connectivity index (χ4n) is 2.43. The van der Waals surface area contributed by atoms with Gasteiger partial charge in [0.25, 0.3) is 17.2 Å². The summed E-state index contributed by atoms with van der Waals surface area (Å²) in [6.45, 7) is 0. The second-order valence-corrected chi connectivity index (χ2v) is 4.56. The molecule has 0 aromatic heterocycles. The number of para-hydroxylation sites is 1. The maximum atomic E-state index is 12.5. The fraction of sp³-hybridized carbons (Fsp3) is 0.125. The van der Waals surface area contributed by atoms with Crippen LogP contribution < -0.4 is 9.47 Å². The first kappa shape index (κ1) is 13.2. The number of hydrogen-bond acceptors (Lipinski definition) is 4. The van der Waals surface area contributed by atoms with Crippen LogP contribution in [0.4, 0.5) is 5.69 Å². The molecule has 0 atom stereocenters. The van der Waals surface area contributed by atoms with Crippen molar-refractivity contribution in [1.29, 1.82) is 0 Å². The van der Waals surface area contributed by atoms with Crippen LogP contribution in [0.3, 0.4) is 0 Å². The molecular weight excluding hydrogens is 270 g/mol. The minimum absolute atomic E-state index is 0.0772. The van der Waals surface area contributed by atoms with E-state index in [-0.39, 0.29) is 17.2 Å². The molecule has 0 saturated heterocycles. The Morgan fingerprint density at radius 3 is 2.52 bits per heavy atom. The van der Waals surface area contributed by atoms with E-state index in [1.54, 1.807) is 42.5 Å². The van der Waals surface area contributed by atoms with Gasteiger partial charge in [0, 0.05) is 0 Å². The van der Waals surface area contributed by atoms with E-state index in [1.807, 2.05) is 0 Å². The lowest BCUT2D eigenvalue weighted by Crippen LogP contribution is -2.16. The van der Waals surface area contributed by atoms with Crippen LogP contribution in [0.15, 0.2) is 42.5 Å². The van der Waals surface area contributed by atoms with Crippen molar-refractivity contribution in [3.63, 3.8) is 0 Å². The van der Waals surface area contributed by atoms with Crippen molar-refractivity contribution in [2.75, 3.05) is 14.2 Å². The molecule has 106 valence electrons. The number of hydrogen-bond donors (Lipinski definition) is 0. The van der Waals surface area contributed by atoms with Gasteiger partial charge in [0.15, 0.2) is 5.75 Å². The van der Waals surface area contributed by atoms with Crippen molar-refractivity contribution in [2.45, 2.75) is 0 Å². The van der Waals surface area contributed by atoms with Gasteiger partial charge in [0.1, 0.15) is 11.3 Å². The van der Waals surface area contributed by atoms with Crippen LogP contribution in [0.1, 0.15) is 15.9 Å². The molecule has 0 fully saturated rings. The molecule has 0 spiro atoms. The number of Topliss-reactive ketones (excluding diaryl/α,β-unsaturated/α-hetero) is 1. The summed E-state index contributed by atoms with van der Waals surface area (Å²) in [5, 5.41) is 12.5. The monoisotopic (exact) mass is 283 g/mol. The van der Waals surface area contributed by atoms with Crippen LogP contribution in [-0.4, -0.2) is 30.5 Å². The van der Waals surface area contributed by atoms with Crippen LogP contribution in [0.2, 0.25) is 0 Å². The third-order valence-electron chi connectivity index (χ3n) is 3.43. The SMILES string of the molecule is COc1cccc(C2=[N+]([O-])c3c(OC)cccc3C2=O)c1. The third kappa shape index (κ3) is 1.94. The summed E-state index contributed by atoms with van der Waals surface area (Å²) in [5.74, 6) is 0.657. The molecule has 0 amide bonds. The predicted octanol–water partition coefficient (Wildman–Crippen LogP) is 2.53. The molecule has 2 aromatic carbocycles. The molecule has 1 heterocycles. The zero-order valence-electron chi connectivity index (χ0n) is 11.6. The van der Waals surface area contributed by atoms with E-state index < -0.39 is 0 Å². The van der Waals surface area contributed by atoms with Crippen molar-refractivity contribution in [3.05, 3.63) is 58.8 Å². The Balaban J connectivity index is 2.20. The molecule has 0 N–H and O–H groups in total. The van der Waals surface area contributed by atoms with Gasteiger partial charge in [0.2, 0.25) is 0 Å². The molecule has 0 saturated carbocycles. The lowest BCUT2D eigenvalue weighted by Gasteiger charge is -2.06. The molecule has 0 radical (unpaired) electrons. The van der Waals surface area contributed by atoms with E-state index in [0.717, 1.165) is 0 Å². The Morgan fingerprint density at radius 2 is 1.81 bits per heavy atom. The summed E-state index contributed by atoms with van der Waals surface area (Å²) in [5.41, 5.74) is 1.20. The molecule has 2 aromatic rings. The summed E-state index contributed by atoms with van der Waals surface area (Å²) in [6.07, 6.45) is 0. The van der Waals surface area contributed by atoms with E-state index in [1.165, 1.54) is 14.2 Å². The zero-order chi connectivity index (χ0) is 15.0. The number of carbonyl (C=O) groups excluding carboxylic acids is 1. The van der Waals surface area contributed by atoms with E-state index in [9.17, 15) is 10.0 Å². The number of rotatable bonds is 3. The highest BCUT2D eigenvalue weighted by Crippen LogP contribution is 2.36. The van der Waals surface area contributed by atoms with Crippen LogP contribution >= 0.6 is 0 Å². The first-order chi connectivity index (χ1) is 10.2. The second-order valence-electron chi connectivity index (χ2n) is 4.56. The summed E-state index contributed by atoms with van der Waals surface area (Å²) in [7, 11) is 3.00. The van der Waals surface area contributed by atoms with Crippen molar-refractivity contribution >= 4 is 17.2 Å². The molecule has 21 heavy (non-hydrogen) atoms. The van der Waals surface area contributed by atoms with Crippen molar-refractivity contribution in [3.8, 4) is 11.5 Å². The number of benzene rings is 2. The van der Waals surface area contributed by atoms with Crippen LogP contribution in [0, 0.1) is 5.21 Å². The molecule has 3 rings (SSSR count). The fourth-order valence-corrected chi connectivity index (χ4v) is 2.43. The van der Waals surface area contributed by atoms with Crippen LogP contribution in [0.25, 0.3) is 0 Å². The number of ketones is 1. The van der Waals surface area contributed by atoms with Gasteiger partial charge in [-0.05, 0) is 30.3 Å². The van der Waals surface area contributed by atoms with Gasteiger partial charge in [-0.2, -0.15) is 4.74 Å². The van der Waals surface area contributed by atoms with E-state index >= 15 is 0 Å². The van der Waals surface area contributed by atoms with Gasteiger partial charge in [-0.25, -0.2) is 0 Å². The maximum Gasteiger partial charge on any atom is 0.273 e. The summed E-state index contributed by atoms with van der Waals surface area (Å²) in [6, 6.07) is 11.8. The molecule has 0 unspecified atom stereocenters. The van der Waals surface area contributed by atoms with Gasteiger partial charge < -0.3 is 14.7 Å². The van der Waals surface area contributed by atoms with Crippen molar-refractivity contribution in [1.82, 2.24) is 0 Å². The first-order valence-electron chi connectivity index (χ1n) is 6.37. The van der Waals surface area contributed by atoms with E-state index in [0.29, 0.717) is 27.4 Å². The average Bonchev–Trinajstić information content (AvgIpc) is 2.79. The quantitative estimate of drug-likeness (QED) is 0.641. The summed E-state index contributed by atoms with van der Waals surface area (Å²) >= 11 is 0. The summed E-state index contributed by atoms with van der Waals surface area (Å²) in [4.78, 5) is 12.5. The lowest BCUT2D eigenvalue weighted by atomic mass is 10.0. The molecule has 5 nitrogen and oxygen atoms in total. The molecule has 5 heteroatoms. The zero-order valence-corrected chi connectivity index (χ0v) is 11.6. The Labute approximate surface area is 121 Å². The van der Waals surface area contributed by atoms with Crippen LogP contribution in [-0.2, 0) is 0 Å². The normalized spacial score (nSPS) is 13.3. The van der Waals surface area contributed by atoms with Gasteiger partial charge in [-0.15, -0.1) is 0 Å². The van der Waals surface area contributed by atoms with Gasteiger partial charge >= 0.3 is 0 Å². The Morgan fingerprint density at radius 1 is 1.05 bits per heavy atom. The minimum atomic E-state index is -0.313. The minimum Gasteiger partial charge on any atom is -0.618 e. The van der Waals surface area contributed by atoms with Crippen LogP contribution in [0.5, 0.6) is 11.5 Å². The van der Waals surface area contributed by atoms with Gasteiger partial charge in [-0.3, -0.25) is 4.79 Å². The number of carbonyl (C=O) groups is 1. The highest BCUT2D eigenvalue weighted by molar-refractivity contribution is 6.52. The standard InChI is InChI=1S/C16H13NO4/c1-20-11-6-3-5-10(9-11)14-16(18)12-7-4-8-13(21-2)15(12)17(14)19/h3-9H,1-2H3. The maximum absolute atomic E-state index is 12.5. The number of fused-ring (bicyclic) bond motifs is 1. The largest absolute Gasteiger partial charge is 0.618 e. The smallest absolute Gasteiger partial charge is 0.273 e. The predicted molar refractivity (Wildman–Crippen MR) is 77.7 cm³/mol. The Kier molecular flexibility index (Phi) is 3.10. The molecule has 0 bridgehead atoms. The van der Waals surface area contributed by atoms with E-state index in [4.69, 9.17) is 9.47 Å². The van der Waals surface area contributed by atoms with Crippen molar-refractivity contribution in [2.24, 2.45) is 0 Å². The summed E-state index contributed by atoms with van der Waals surface area (Å²) < 4.78 is 10.9. The topological polar surface area (TPSA) is 61.6 Å². The van der Waals surface area contributed by atoms with Crippen molar-refractivity contribution < 1.29 is 19.0 Å². The second kappa shape index (κ2) is 4.94. The van der Waals surface area contributed by atoms with Gasteiger partial charge in [0.05, 0.1) is 19.8 Å². The number of nitrogens with zero attached hydrogens (tertiary/aromatic N) is 1. The van der Waals surface area contributed by atoms with Gasteiger partial charge in [-0.1, -0.05) is 12.1 Å². The molecular formula is C16H13NO4. The molecule has 0 aliphatic carbocycles. The third-order valence-corrected chi connectivity index (χ3v) is 3.43. The number of methoxy groups -OCH3 is 2. The first-order valence-corrected chi connectivity index (χ1v) is 6.37. The molecule has 1 aliphatic heterocycles. The lowest BCUT2D eigenvalue weighted by molar-refractivity contribution is -0.356. The number of ether oxygens (including phenoxy) is 2.